The minimum atomic E-state index is -3.69. The smallest absolute Gasteiger partial charge is 0.408 e. The molecule has 128 valence electrons. The first-order valence-corrected chi connectivity index (χ1v) is 9.39. The van der Waals surface area contributed by atoms with E-state index in [-0.39, 0.29) is 17.0 Å². The third-order valence-electron chi connectivity index (χ3n) is 3.24. The number of hydrogen-bond donors (Lipinski definition) is 2. The summed E-state index contributed by atoms with van der Waals surface area (Å²) in [6.07, 6.45) is 0.473. The van der Waals surface area contributed by atoms with Crippen molar-refractivity contribution in [2.45, 2.75) is 17.9 Å². The molecule has 0 aliphatic rings. The fraction of sp³-hybridized carbons (Fsp3) is 0.286. The predicted octanol–water partition coefficient (Wildman–Crippen LogP) is 1.24. The summed E-state index contributed by atoms with van der Waals surface area (Å²) in [5, 5.41) is 2.73. The molecular weight excluding hydrogens is 354 g/mol. The molecule has 0 saturated heterocycles. The predicted molar refractivity (Wildman–Crippen MR) is 88.6 cm³/mol. The van der Waals surface area contributed by atoms with Crippen molar-refractivity contribution in [1.82, 2.24) is 14.7 Å². The molecule has 0 fully saturated rings. The molecule has 0 atom stereocenters. The van der Waals surface area contributed by atoms with Crippen LogP contribution < -0.4 is 10.5 Å². The fourth-order valence-electron chi connectivity index (χ4n) is 2.14. The number of nitrogens with zero attached hydrogens (tertiary/aromatic N) is 1. The van der Waals surface area contributed by atoms with Crippen LogP contribution >= 0.6 is 11.3 Å². The zero-order chi connectivity index (χ0) is 17.2. The van der Waals surface area contributed by atoms with Crippen LogP contribution in [0.3, 0.4) is 0 Å². The van der Waals surface area contributed by atoms with Crippen molar-refractivity contribution in [3.05, 3.63) is 44.8 Å². The molecule has 0 amide bonds. The van der Waals surface area contributed by atoms with Gasteiger partial charge in [-0.05, 0) is 12.1 Å². The minimum Gasteiger partial charge on any atom is -0.408 e. The van der Waals surface area contributed by atoms with E-state index in [0.717, 1.165) is 10.7 Å². The van der Waals surface area contributed by atoms with Gasteiger partial charge in [0.05, 0.1) is 22.7 Å². The van der Waals surface area contributed by atoms with Crippen molar-refractivity contribution in [2.75, 3.05) is 13.7 Å². The van der Waals surface area contributed by atoms with Gasteiger partial charge in [-0.2, -0.15) is 0 Å². The summed E-state index contributed by atoms with van der Waals surface area (Å²) in [5.74, 6) is -0.622. The van der Waals surface area contributed by atoms with E-state index < -0.39 is 15.8 Å². The Hall–Kier alpha value is -2.01. The number of oxazole rings is 1. The first-order valence-electron chi connectivity index (χ1n) is 7.03. The lowest BCUT2D eigenvalue weighted by molar-refractivity contribution is 0.184. The highest BCUT2D eigenvalue weighted by Crippen LogP contribution is 2.16. The average molecular weight is 369 g/mol. The van der Waals surface area contributed by atoms with Gasteiger partial charge in [-0.15, -0.1) is 11.3 Å². The summed E-state index contributed by atoms with van der Waals surface area (Å²) < 4.78 is 37.0. The Morgan fingerprint density at radius 3 is 3.04 bits per heavy atom. The van der Waals surface area contributed by atoms with Gasteiger partial charge in [-0.3, -0.25) is 4.98 Å². The number of methoxy groups -OCH3 is 1. The SMILES string of the molecule is COCc1nc(CCNS(=O)(=O)c2ccc3[nH]c(=O)oc3c2)cs1. The molecule has 3 aromatic rings. The highest BCUT2D eigenvalue weighted by atomic mass is 32.2. The van der Waals surface area contributed by atoms with E-state index in [0.29, 0.717) is 18.5 Å². The molecule has 2 heterocycles. The van der Waals surface area contributed by atoms with E-state index in [2.05, 4.69) is 14.7 Å². The van der Waals surface area contributed by atoms with Crippen molar-refractivity contribution in [2.24, 2.45) is 0 Å². The highest BCUT2D eigenvalue weighted by Gasteiger charge is 2.15. The second-order valence-electron chi connectivity index (χ2n) is 4.99. The molecule has 2 aromatic heterocycles. The van der Waals surface area contributed by atoms with Crippen LogP contribution in [-0.4, -0.2) is 32.0 Å². The Morgan fingerprint density at radius 2 is 2.25 bits per heavy atom. The number of fused-ring (bicyclic) bond motifs is 1. The lowest BCUT2D eigenvalue weighted by Gasteiger charge is -2.05. The summed E-state index contributed by atoms with van der Waals surface area (Å²) in [5.41, 5.74) is 1.46. The number of rotatable bonds is 7. The van der Waals surface area contributed by atoms with Crippen LogP contribution in [0.25, 0.3) is 11.1 Å². The Kier molecular flexibility index (Phi) is 4.81. The van der Waals surface area contributed by atoms with Gasteiger partial charge in [0.1, 0.15) is 5.01 Å². The van der Waals surface area contributed by atoms with Gasteiger partial charge in [0.2, 0.25) is 10.0 Å². The zero-order valence-electron chi connectivity index (χ0n) is 12.7. The van der Waals surface area contributed by atoms with E-state index in [1.54, 1.807) is 7.11 Å². The molecule has 10 heteroatoms. The van der Waals surface area contributed by atoms with Crippen LogP contribution in [0, 0.1) is 0 Å². The van der Waals surface area contributed by atoms with Gasteiger partial charge >= 0.3 is 5.76 Å². The summed E-state index contributed by atoms with van der Waals surface area (Å²) in [7, 11) is -2.10. The number of hydrogen-bond acceptors (Lipinski definition) is 7. The monoisotopic (exact) mass is 369 g/mol. The molecule has 1 aromatic carbocycles. The molecule has 0 radical (unpaired) electrons. The van der Waals surface area contributed by atoms with Crippen LogP contribution in [-0.2, 0) is 27.8 Å². The molecule has 0 spiro atoms. The number of nitrogens with one attached hydrogen (secondary N) is 2. The summed E-state index contributed by atoms with van der Waals surface area (Å²) >= 11 is 1.47. The maximum atomic E-state index is 12.3. The van der Waals surface area contributed by atoms with E-state index in [4.69, 9.17) is 9.15 Å². The third-order valence-corrected chi connectivity index (χ3v) is 5.57. The van der Waals surface area contributed by atoms with Crippen molar-refractivity contribution < 1.29 is 17.6 Å². The largest absolute Gasteiger partial charge is 0.417 e. The Labute approximate surface area is 141 Å². The standard InChI is InChI=1S/C14H15N3O5S2/c1-21-7-13-16-9(8-23-13)4-5-15-24(19,20)10-2-3-11-12(6-10)22-14(18)17-11/h2-3,6,8,15H,4-5,7H2,1H3,(H,17,18). The number of thiazole rings is 1. The topological polar surface area (TPSA) is 114 Å². The van der Waals surface area contributed by atoms with Gasteiger partial charge in [-0.25, -0.2) is 22.9 Å². The quantitative estimate of drug-likeness (QED) is 0.648. The third kappa shape index (κ3) is 3.73. The Bertz CT molecular complexity index is 1000. The fourth-order valence-corrected chi connectivity index (χ4v) is 3.99. The maximum Gasteiger partial charge on any atom is 0.417 e. The zero-order valence-corrected chi connectivity index (χ0v) is 14.4. The lowest BCUT2D eigenvalue weighted by atomic mass is 10.3. The first kappa shape index (κ1) is 16.8. The Balaban J connectivity index is 1.66. The van der Waals surface area contributed by atoms with Crippen molar-refractivity contribution in [3.63, 3.8) is 0 Å². The first-order chi connectivity index (χ1) is 11.5. The molecule has 0 unspecified atom stereocenters. The molecule has 2 N–H and O–H groups in total. The molecule has 0 saturated carbocycles. The second kappa shape index (κ2) is 6.85. The van der Waals surface area contributed by atoms with Gasteiger partial charge in [0, 0.05) is 31.5 Å². The summed E-state index contributed by atoms with van der Waals surface area (Å²) in [4.78, 5) is 18.0. The van der Waals surface area contributed by atoms with E-state index in [9.17, 15) is 13.2 Å². The number of benzene rings is 1. The summed E-state index contributed by atoms with van der Waals surface area (Å²) in [6, 6.07) is 4.22. The van der Waals surface area contributed by atoms with Gasteiger partial charge in [-0.1, -0.05) is 0 Å². The van der Waals surface area contributed by atoms with E-state index in [1.165, 1.54) is 29.5 Å². The molecular formula is C14H15N3O5S2. The second-order valence-corrected chi connectivity index (χ2v) is 7.70. The van der Waals surface area contributed by atoms with Crippen LogP contribution in [0.15, 0.2) is 37.7 Å². The minimum absolute atomic E-state index is 0.0381. The van der Waals surface area contributed by atoms with E-state index in [1.807, 2.05) is 5.38 Å². The Morgan fingerprint density at radius 1 is 1.42 bits per heavy atom. The molecule has 0 aliphatic heterocycles. The highest BCUT2D eigenvalue weighted by molar-refractivity contribution is 7.89. The summed E-state index contributed by atoms with van der Waals surface area (Å²) in [6.45, 7) is 0.659. The van der Waals surface area contributed by atoms with Crippen molar-refractivity contribution in [3.8, 4) is 0 Å². The normalized spacial score (nSPS) is 12.0. The van der Waals surface area contributed by atoms with Crippen molar-refractivity contribution >= 4 is 32.5 Å². The van der Waals surface area contributed by atoms with Crippen LogP contribution in [0.5, 0.6) is 0 Å². The molecule has 24 heavy (non-hydrogen) atoms. The molecule has 0 aliphatic carbocycles. The van der Waals surface area contributed by atoms with Crippen molar-refractivity contribution in [1.29, 1.82) is 0 Å². The van der Waals surface area contributed by atoms with Crippen LogP contribution in [0.4, 0.5) is 0 Å². The molecule has 0 bridgehead atoms. The number of sulfonamides is 1. The lowest BCUT2D eigenvalue weighted by Crippen LogP contribution is -2.26. The van der Waals surface area contributed by atoms with E-state index >= 15 is 0 Å². The average Bonchev–Trinajstić information content (AvgIpc) is 3.12. The van der Waals surface area contributed by atoms with Gasteiger partial charge < -0.3 is 9.15 Å². The van der Waals surface area contributed by atoms with Crippen LogP contribution in [0.1, 0.15) is 10.7 Å². The number of aromatic nitrogens is 2. The maximum absolute atomic E-state index is 12.3. The van der Waals surface area contributed by atoms with Gasteiger partial charge in [0.25, 0.3) is 0 Å². The number of aromatic amines is 1. The number of ether oxygens (including phenoxy) is 1. The molecule has 8 nitrogen and oxygen atoms in total. The number of H-pyrrole nitrogens is 1. The van der Waals surface area contributed by atoms with Gasteiger partial charge in [0.15, 0.2) is 5.58 Å². The molecule has 3 rings (SSSR count). The van der Waals surface area contributed by atoms with Crippen LogP contribution in [0.2, 0.25) is 0 Å².